The first-order valence-electron chi connectivity index (χ1n) is 4.41. The predicted molar refractivity (Wildman–Crippen MR) is 48.3 cm³/mol. The van der Waals surface area contributed by atoms with Crippen LogP contribution in [0.4, 0.5) is 0 Å². The van der Waals surface area contributed by atoms with Gasteiger partial charge in [-0.1, -0.05) is 31.2 Å². The maximum atomic E-state index is 2.37. The molecule has 0 radical (unpaired) electrons. The van der Waals surface area contributed by atoms with E-state index >= 15 is 0 Å². The molecule has 1 unspecified atom stereocenters. The molecule has 1 atom stereocenters. The van der Waals surface area contributed by atoms with Crippen LogP contribution in [0.5, 0.6) is 0 Å². The minimum Gasteiger partial charge on any atom is -0.0807 e. The first kappa shape index (κ1) is 6.90. The SMILES string of the molecule is CC1CC2=CC=CCC=C2C1. The molecule has 0 aromatic carbocycles. The molecular weight excluding hydrogens is 132 g/mol. The molecule has 11 heavy (non-hydrogen) atoms. The molecule has 58 valence electrons. The second-order valence-corrected chi connectivity index (χ2v) is 3.60. The van der Waals surface area contributed by atoms with Gasteiger partial charge in [-0.3, -0.25) is 0 Å². The summed E-state index contributed by atoms with van der Waals surface area (Å²) in [6.45, 7) is 2.33. The third kappa shape index (κ3) is 1.30. The maximum Gasteiger partial charge on any atom is -0.0160 e. The predicted octanol–water partition coefficient (Wildman–Crippen LogP) is 3.23. The van der Waals surface area contributed by atoms with Gasteiger partial charge in [0, 0.05) is 0 Å². The summed E-state index contributed by atoms with van der Waals surface area (Å²) in [6.07, 6.45) is 12.8. The van der Waals surface area contributed by atoms with Gasteiger partial charge in [0.2, 0.25) is 0 Å². The zero-order valence-electron chi connectivity index (χ0n) is 7.01. The lowest BCUT2D eigenvalue weighted by atomic mass is 10.1. The number of allylic oxidation sites excluding steroid dienone is 6. The largest absolute Gasteiger partial charge is 0.0807 e. The summed E-state index contributed by atoms with van der Waals surface area (Å²) in [5.74, 6) is 0.874. The average molecular weight is 146 g/mol. The molecule has 0 heteroatoms. The van der Waals surface area contributed by atoms with Gasteiger partial charge < -0.3 is 0 Å². The molecule has 0 N–H and O–H groups in total. The van der Waals surface area contributed by atoms with Crippen LogP contribution in [0.25, 0.3) is 0 Å². The van der Waals surface area contributed by atoms with Crippen LogP contribution in [-0.2, 0) is 0 Å². The Labute approximate surface area is 68.3 Å². The summed E-state index contributed by atoms with van der Waals surface area (Å²) in [5, 5.41) is 0. The van der Waals surface area contributed by atoms with Crippen LogP contribution in [0.2, 0.25) is 0 Å². The van der Waals surface area contributed by atoms with E-state index in [-0.39, 0.29) is 0 Å². The number of hydrogen-bond acceptors (Lipinski definition) is 0. The normalized spacial score (nSPS) is 29.0. The van der Waals surface area contributed by atoms with Crippen molar-refractivity contribution < 1.29 is 0 Å². The maximum absolute atomic E-state index is 2.37. The van der Waals surface area contributed by atoms with Crippen LogP contribution < -0.4 is 0 Å². The topological polar surface area (TPSA) is 0 Å². The standard InChI is InChI=1S/C11H14/c1-9-7-10-5-3-2-4-6-11(10)8-9/h2-3,5-6,9H,4,7-8H2,1H3. The van der Waals surface area contributed by atoms with Crippen molar-refractivity contribution in [2.75, 3.05) is 0 Å². The summed E-state index contributed by atoms with van der Waals surface area (Å²) in [6, 6.07) is 0. The van der Waals surface area contributed by atoms with E-state index in [4.69, 9.17) is 0 Å². The van der Waals surface area contributed by atoms with Gasteiger partial charge in [0.25, 0.3) is 0 Å². The Kier molecular flexibility index (Phi) is 1.69. The highest BCUT2D eigenvalue weighted by molar-refractivity contribution is 5.40. The third-order valence-corrected chi connectivity index (χ3v) is 2.48. The molecular formula is C11H14. The Morgan fingerprint density at radius 1 is 1.27 bits per heavy atom. The Hall–Kier alpha value is -0.780. The van der Waals surface area contributed by atoms with Crippen molar-refractivity contribution in [3.63, 3.8) is 0 Å². The Morgan fingerprint density at radius 2 is 2.09 bits per heavy atom. The Balaban J connectivity index is 2.30. The van der Waals surface area contributed by atoms with Crippen molar-refractivity contribution in [3.05, 3.63) is 35.5 Å². The number of rotatable bonds is 0. The highest BCUT2D eigenvalue weighted by atomic mass is 14.2. The molecule has 0 aliphatic heterocycles. The lowest BCUT2D eigenvalue weighted by Crippen LogP contribution is -1.80. The molecule has 2 aliphatic carbocycles. The van der Waals surface area contributed by atoms with Gasteiger partial charge >= 0.3 is 0 Å². The van der Waals surface area contributed by atoms with E-state index in [0.717, 1.165) is 12.3 Å². The molecule has 2 rings (SSSR count). The summed E-state index contributed by atoms with van der Waals surface area (Å²) in [7, 11) is 0. The van der Waals surface area contributed by atoms with Crippen molar-refractivity contribution in [1.82, 2.24) is 0 Å². The molecule has 2 aliphatic rings. The minimum absolute atomic E-state index is 0.874. The van der Waals surface area contributed by atoms with Gasteiger partial charge in [-0.2, -0.15) is 0 Å². The van der Waals surface area contributed by atoms with Gasteiger partial charge in [-0.25, -0.2) is 0 Å². The quantitative estimate of drug-likeness (QED) is 0.492. The van der Waals surface area contributed by atoms with Crippen LogP contribution in [0.3, 0.4) is 0 Å². The van der Waals surface area contributed by atoms with Gasteiger partial charge in [0.05, 0.1) is 0 Å². The summed E-state index contributed by atoms with van der Waals surface area (Å²) >= 11 is 0. The van der Waals surface area contributed by atoms with Gasteiger partial charge in [-0.15, -0.1) is 0 Å². The average Bonchev–Trinajstić information content (AvgIpc) is 2.17. The Bertz CT molecular complexity index is 241. The van der Waals surface area contributed by atoms with Crippen LogP contribution in [0, 0.1) is 5.92 Å². The molecule has 1 fully saturated rings. The van der Waals surface area contributed by atoms with E-state index in [1.165, 1.54) is 12.8 Å². The van der Waals surface area contributed by atoms with Gasteiger partial charge in [0.15, 0.2) is 0 Å². The van der Waals surface area contributed by atoms with Crippen LogP contribution in [0.15, 0.2) is 35.5 Å². The molecule has 0 bridgehead atoms. The fraction of sp³-hybridized carbons (Fsp3) is 0.455. The van der Waals surface area contributed by atoms with Crippen LogP contribution >= 0.6 is 0 Å². The molecule has 0 aromatic heterocycles. The third-order valence-electron chi connectivity index (χ3n) is 2.48. The van der Waals surface area contributed by atoms with E-state index in [2.05, 4.69) is 31.2 Å². The fourth-order valence-electron chi connectivity index (χ4n) is 1.95. The number of hydrogen-bond donors (Lipinski definition) is 0. The highest BCUT2D eigenvalue weighted by Gasteiger charge is 2.19. The first-order valence-corrected chi connectivity index (χ1v) is 4.41. The molecule has 0 amide bonds. The van der Waals surface area contributed by atoms with E-state index in [0.29, 0.717) is 0 Å². The van der Waals surface area contributed by atoms with Gasteiger partial charge in [0.1, 0.15) is 0 Å². The molecule has 0 aromatic rings. The van der Waals surface area contributed by atoms with E-state index in [1.807, 2.05) is 0 Å². The van der Waals surface area contributed by atoms with Crippen molar-refractivity contribution in [2.24, 2.45) is 5.92 Å². The lowest BCUT2D eigenvalue weighted by molar-refractivity contribution is 0.640. The summed E-state index contributed by atoms with van der Waals surface area (Å²) in [4.78, 5) is 0. The molecule has 0 nitrogen and oxygen atoms in total. The van der Waals surface area contributed by atoms with Crippen LogP contribution in [0.1, 0.15) is 26.2 Å². The summed E-state index contributed by atoms with van der Waals surface area (Å²) in [5.41, 5.74) is 3.17. The van der Waals surface area contributed by atoms with Crippen molar-refractivity contribution in [3.8, 4) is 0 Å². The minimum atomic E-state index is 0.874. The van der Waals surface area contributed by atoms with E-state index in [1.54, 1.807) is 11.1 Å². The zero-order valence-corrected chi connectivity index (χ0v) is 7.01. The molecule has 0 saturated heterocycles. The monoisotopic (exact) mass is 146 g/mol. The fourth-order valence-corrected chi connectivity index (χ4v) is 1.95. The molecule has 0 heterocycles. The van der Waals surface area contributed by atoms with E-state index in [9.17, 15) is 0 Å². The molecule has 0 spiro atoms. The van der Waals surface area contributed by atoms with E-state index < -0.39 is 0 Å². The highest BCUT2D eigenvalue weighted by Crippen LogP contribution is 2.35. The van der Waals surface area contributed by atoms with Crippen molar-refractivity contribution >= 4 is 0 Å². The lowest BCUT2D eigenvalue weighted by Gasteiger charge is -1.94. The molecule has 1 saturated carbocycles. The smallest absolute Gasteiger partial charge is 0.0160 e. The van der Waals surface area contributed by atoms with Gasteiger partial charge in [-0.05, 0) is 36.3 Å². The second kappa shape index (κ2) is 2.69. The summed E-state index contributed by atoms with van der Waals surface area (Å²) < 4.78 is 0. The van der Waals surface area contributed by atoms with Crippen molar-refractivity contribution in [2.45, 2.75) is 26.2 Å². The number of fused-ring (bicyclic) bond motifs is 1. The second-order valence-electron chi connectivity index (χ2n) is 3.60. The van der Waals surface area contributed by atoms with Crippen molar-refractivity contribution in [1.29, 1.82) is 0 Å². The zero-order chi connectivity index (χ0) is 7.68. The Morgan fingerprint density at radius 3 is 3.00 bits per heavy atom. The first-order chi connectivity index (χ1) is 5.36. The van der Waals surface area contributed by atoms with Crippen LogP contribution in [-0.4, -0.2) is 0 Å².